The van der Waals surface area contributed by atoms with Gasteiger partial charge in [0, 0.05) is 12.8 Å². The van der Waals surface area contributed by atoms with Crippen molar-refractivity contribution in [2.24, 2.45) is 16.4 Å². The lowest BCUT2D eigenvalue weighted by Gasteiger charge is -2.36. The fourth-order valence-electron chi connectivity index (χ4n) is 3.32. The first kappa shape index (κ1) is 12.4. The van der Waals surface area contributed by atoms with E-state index in [1.165, 1.54) is 5.56 Å². The number of hydrogen-bond acceptors (Lipinski definition) is 3. The summed E-state index contributed by atoms with van der Waals surface area (Å²) < 4.78 is 0. The van der Waals surface area contributed by atoms with Crippen molar-refractivity contribution in [1.82, 2.24) is 5.43 Å². The number of ketones is 1. The van der Waals surface area contributed by atoms with Crippen molar-refractivity contribution in [3.05, 3.63) is 35.9 Å². The summed E-state index contributed by atoms with van der Waals surface area (Å²) in [6.45, 7) is 4.33. The fraction of sp³-hybridized carbons (Fsp3) is 0.500. The van der Waals surface area contributed by atoms with Crippen LogP contribution in [0.2, 0.25) is 0 Å². The molecular weight excluding hydrogens is 236 g/mol. The average Bonchev–Trinajstić information content (AvgIpc) is 2.72. The maximum Gasteiger partial charge on any atom is 0.144 e. The molecule has 1 aromatic carbocycles. The summed E-state index contributed by atoms with van der Waals surface area (Å²) in [6, 6.07) is 10.5. The summed E-state index contributed by atoms with van der Waals surface area (Å²) >= 11 is 0. The van der Waals surface area contributed by atoms with Crippen molar-refractivity contribution in [3.63, 3.8) is 0 Å². The minimum atomic E-state index is -0.00627. The van der Waals surface area contributed by atoms with Crippen molar-refractivity contribution >= 4 is 11.5 Å². The molecule has 1 aromatic rings. The summed E-state index contributed by atoms with van der Waals surface area (Å²) in [5.41, 5.74) is 5.52. The largest absolute Gasteiger partial charge is 0.306 e. The second-order valence-electron chi connectivity index (χ2n) is 6.49. The predicted octanol–water partition coefficient (Wildman–Crippen LogP) is 2.56. The normalized spacial score (nSPS) is 28.5. The Bertz CT molecular complexity index is 519. The number of rotatable bonds is 2. The number of carbonyl (C=O) groups is 1. The number of hydrogen-bond donors (Lipinski definition) is 1. The number of fused-ring (bicyclic) bond motifs is 1. The van der Waals surface area contributed by atoms with Gasteiger partial charge in [-0.15, -0.1) is 0 Å². The summed E-state index contributed by atoms with van der Waals surface area (Å²) in [5.74, 6) is 0.342. The summed E-state index contributed by atoms with van der Waals surface area (Å²) in [5, 5.41) is 4.44. The summed E-state index contributed by atoms with van der Waals surface area (Å²) in [4.78, 5) is 12.4. The molecule has 1 N–H and O–H groups in total. The number of benzene rings is 1. The molecule has 0 bridgehead atoms. The van der Waals surface area contributed by atoms with Gasteiger partial charge in [-0.2, -0.15) is 5.10 Å². The van der Waals surface area contributed by atoms with Gasteiger partial charge in [0.1, 0.15) is 5.78 Å². The minimum absolute atomic E-state index is 0.00627. The Morgan fingerprint density at radius 1 is 1.32 bits per heavy atom. The first-order chi connectivity index (χ1) is 9.05. The van der Waals surface area contributed by atoms with Crippen molar-refractivity contribution in [2.45, 2.75) is 39.2 Å². The SMILES string of the molecule is CC1(C)CC(=O)[C@@H]2C(Cc3ccccc3)=NN[C@@H]2C1. The quantitative estimate of drug-likeness (QED) is 0.883. The molecule has 1 fully saturated rings. The Hall–Kier alpha value is -1.64. The standard InChI is InChI=1S/C16H20N2O/c1-16(2)9-13-15(14(19)10-16)12(17-18-13)8-11-6-4-3-5-7-11/h3-7,13,15,18H,8-10H2,1-2H3/t13-,15-/m1/s1. The molecule has 1 heterocycles. The number of Topliss-reactive ketones (excluding diaryl/α,β-unsaturated/α-hetero) is 1. The molecule has 1 aliphatic carbocycles. The van der Waals surface area contributed by atoms with Crippen LogP contribution in [0.1, 0.15) is 32.3 Å². The van der Waals surface area contributed by atoms with Gasteiger partial charge >= 0.3 is 0 Å². The van der Waals surface area contributed by atoms with Gasteiger partial charge in [-0.05, 0) is 17.4 Å². The molecule has 0 amide bonds. The molecule has 1 saturated carbocycles. The molecule has 3 rings (SSSR count). The van der Waals surface area contributed by atoms with E-state index in [4.69, 9.17) is 0 Å². The maximum atomic E-state index is 12.4. The van der Waals surface area contributed by atoms with Crippen LogP contribution in [0.25, 0.3) is 0 Å². The van der Waals surface area contributed by atoms with E-state index in [2.05, 4.69) is 36.5 Å². The molecule has 0 spiro atoms. The Balaban J connectivity index is 1.77. The minimum Gasteiger partial charge on any atom is -0.306 e. The highest BCUT2D eigenvalue weighted by Gasteiger charge is 2.45. The van der Waals surface area contributed by atoms with Crippen molar-refractivity contribution in [2.75, 3.05) is 0 Å². The zero-order valence-corrected chi connectivity index (χ0v) is 11.5. The molecule has 19 heavy (non-hydrogen) atoms. The Labute approximate surface area is 114 Å². The highest BCUT2D eigenvalue weighted by molar-refractivity contribution is 6.08. The molecule has 3 heteroatoms. The van der Waals surface area contributed by atoms with E-state index < -0.39 is 0 Å². The van der Waals surface area contributed by atoms with Crippen LogP contribution in [-0.2, 0) is 11.2 Å². The van der Waals surface area contributed by atoms with Crippen molar-refractivity contribution in [1.29, 1.82) is 0 Å². The fourth-order valence-corrected chi connectivity index (χ4v) is 3.32. The van der Waals surface area contributed by atoms with Gasteiger partial charge in [-0.1, -0.05) is 44.2 Å². The molecule has 2 atom stereocenters. The third kappa shape index (κ3) is 2.42. The summed E-state index contributed by atoms with van der Waals surface area (Å²) in [6.07, 6.45) is 2.47. The third-order valence-electron chi connectivity index (χ3n) is 4.14. The van der Waals surface area contributed by atoms with Crippen LogP contribution in [0, 0.1) is 11.3 Å². The first-order valence-corrected chi connectivity index (χ1v) is 6.94. The van der Waals surface area contributed by atoms with E-state index in [9.17, 15) is 4.79 Å². The zero-order chi connectivity index (χ0) is 13.5. The van der Waals surface area contributed by atoms with E-state index in [-0.39, 0.29) is 17.4 Å². The van der Waals surface area contributed by atoms with Crippen molar-refractivity contribution < 1.29 is 4.79 Å². The van der Waals surface area contributed by atoms with Crippen LogP contribution in [0.15, 0.2) is 35.4 Å². The van der Waals surface area contributed by atoms with E-state index >= 15 is 0 Å². The smallest absolute Gasteiger partial charge is 0.144 e. The molecule has 3 nitrogen and oxygen atoms in total. The van der Waals surface area contributed by atoms with E-state index in [1.54, 1.807) is 0 Å². The number of hydrazone groups is 1. The summed E-state index contributed by atoms with van der Waals surface area (Å²) in [7, 11) is 0. The maximum absolute atomic E-state index is 12.4. The van der Waals surface area contributed by atoms with Gasteiger partial charge in [0.15, 0.2) is 0 Å². The van der Waals surface area contributed by atoms with Gasteiger partial charge in [0.2, 0.25) is 0 Å². The van der Waals surface area contributed by atoms with Gasteiger partial charge in [-0.3, -0.25) is 4.79 Å². The number of carbonyl (C=O) groups excluding carboxylic acids is 1. The second-order valence-corrected chi connectivity index (χ2v) is 6.49. The first-order valence-electron chi connectivity index (χ1n) is 6.94. The number of nitrogens with zero attached hydrogens (tertiary/aromatic N) is 1. The molecule has 1 aliphatic heterocycles. The van der Waals surface area contributed by atoms with Crippen molar-refractivity contribution in [3.8, 4) is 0 Å². The molecule has 0 aromatic heterocycles. The predicted molar refractivity (Wildman–Crippen MR) is 76.0 cm³/mol. The van der Waals surface area contributed by atoms with Gasteiger partial charge in [-0.25, -0.2) is 0 Å². The molecular formula is C16H20N2O. The van der Waals surface area contributed by atoms with Gasteiger partial charge < -0.3 is 5.43 Å². The van der Waals surface area contributed by atoms with Crippen LogP contribution < -0.4 is 5.43 Å². The number of nitrogens with one attached hydrogen (secondary N) is 1. The second kappa shape index (κ2) is 4.48. The van der Waals surface area contributed by atoms with Crippen LogP contribution in [0.5, 0.6) is 0 Å². The van der Waals surface area contributed by atoms with Crippen LogP contribution >= 0.6 is 0 Å². The topological polar surface area (TPSA) is 41.5 Å². The van der Waals surface area contributed by atoms with E-state index in [0.29, 0.717) is 12.2 Å². The monoisotopic (exact) mass is 256 g/mol. The van der Waals surface area contributed by atoms with E-state index in [1.807, 2.05) is 18.2 Å². The van der Waals surface area contributed by atoms with Gasteiger partial charge in [0.25, 0.3) is 0 Å². The lowest BCUT2D eigenvalue weighted by atomic mass is 9.68. The molecule has 100 valence electrons. The van der Waals surface area contributed by atoms with E-state index in [0.717, 1.165) is 18.6 Å². The molecule has 0 saturated heterocycles. The average molecular weight is 256 g/mol. The lowest BCUT2D eigenvalue weighted by molar-refractivity contribution is -0.126. The van der Waals surface area contributed by atoms with Crippen LogP contribution in [0.4, 0.5) is 0 Å². The van der Waals surface area contributed by atoms with Crippen LogP contribution in [0.3, 0.4) is 0 Å². The molecule has 0 unspecified atom stereocenters. The Morgan fingerprint density at radius 3 is 2.79 bits per heavy atom. The molecule has 0 radical (unpaired) electrons. The van der Waals surface area contributed by atoms with Gasteiger partial charge in [0.05, 0.1) is 17.7 Å². The highest BCUT2D eigenvalue weighted by atomic mass is 16.1. The molecule has 2 aliphatic rings. The van der Waals surface area contributed by atoms with Crippen LogP contribution in [-0.4, -0.2) is 17.5 Å². The Kier molecular flexibility index (Phi) is 2.92. The Morgan fingerprint density at radius 2 is 2.05 bits per heavy atom. The highest BCUT2D eigenvalue weighted by Crippen LogP contribution is 2.38. The lowest BCUT2D eigenvalue weighted by Crippen LogP contribution is -2.45. The third-order valence-corrected chi connectivity index (χ3v) is 4.14. The zero-order valence-electron chi connectivity index (χ0n) is 11.5.